The molecule has 5 heteroatoms. The molecule has 0 aliphatic rings. The van der Waals surface area contributed by atoms with Crippen molar-refractivity contribution in [2.24, 2.45) is 7.05 Å². The minimum Gasteiger partial charge on any atom is -0.394 e. The Kier molecular flexibility index (Phi) is 4.20. The number of benzene rings is 1. The number of carbonyl (C=O) groups excluding carboxylic acids is 1. The predicted octanol–water partition coefficient (Wildman–Crippen LogP) is 1.50. The highest BCUT2D eigenvalue weighted by atomic mass is 16.3. The fraction of sp³-hybridized carbons (Fsp3) is 0.333. The molecule has 2 aromatic rings. The largest absolute Gasteiger partial charge is 0.394 e. The zero-order valence-electron chi connectivity index (χ0n) is 11.9. The smallest absolute Gasteiger partial charge is 0.251 e. The van der Waals surface area contributed by atoms with Gasteiger partial charge in [0.2, 0.25) is 0 Å². The molecule has 106 valence electrons. The van der Waals surface area contributed by atoms with Gasteiger partial charge in [-0.3, -0.25) is 9.48 Å². The summed E-state index contributed by atoms with van der Waals surface area (Å²) in [6.45, 7) is 3.74. The zero-order valence-corrected chi connectivity index (χ0v) is 11.9. The van der Waals surface area contributed by atoms with Crippen LogP contribution in [0.4, 0.5) is 0 Å². The molecule has 2 N–H and O–H groups in total. The summed E-state index contributed by atoms with van der Waals surface area (Å²) in [5.41, 5.74) is 3.45. The number of carbonyl (C=O) groups is 1. The molecule has 0 spiro atoms. The van der Waals surface area contributed by atoms with Crippen LogP contribution in [0.25, 0.3) is 0 Å². The first kappa shape index (κ1) is 14.3. The monoisotopic (exact) mass is 273 g/mol. The van der Waals surface area contributed by atoms with E-state index >= 15 is 0 Å². The summed E-state index contributed by atoms with van der Waals surface area (Å²) in [4.78, 5) is 12.3. The van der Waals surface area contributed by atoms with Gasteiger partial charge in [0, 0.05) is 18.8 Å². The van der Waals surface area contributed by atoms with Gasteiger partial charge < -0.3 is 10.4 Å². The van der Waals surface area contributed by atoms with Crippen LogP contribution in [0.5, 0.6) is 0 Å². The Morgan fingerprint density at radius 2 is 2.00 bits per heavy atom. The van der Waals surface area contributed by atoms with E-state index in [4.69, 9.17) is 0 Å². The van der Waals surface area contributed by atoms with Crippen LogP contribution >= 0.6 is 0 Å². The number of nitrogens with zero attached hydrogens (tertiary/aromatic N) is 2. The summed E-state index contributed by atoms with van der Waals surface area (Å²) in [5.74, 6) is -0.197. The Balaban J connectivity index is 2.19. The Morgan fingerprint density at radius 3 is 2.50 bits per heavy atom. The first-order valence-electron chi connectivity index (χ1n) is 6.49. The van der Waals surface area contributed by atoms with Crippen molar-refractivity contribution in [3.05, 3.63) is 52.8 Å². The third kappa shape index (κ3) is 3.05. The molecule has 0 radical (unpaired) electrons. The molecule has 20 heavy (non-hydrogen) atoms. The van der Waals surface area contributed by atoms with Crippen LogP contribution in [-0.4, -0.2) is 27.4 Å². The van der Waals surface area contributed by atoms with E-state index in [9.17, 15) is 9.90 Å². The average molecular weight is 273 g/mol. The van der Waals surface area contributed by atoms with Gasteiger partial charge in [-0.1, -0.05) is 17.2 Å². The number of rotatable bonds is 4. The Hall–Kier alpha value is -2.14. The lowest BCUT2D eigenvalue weighted by atomic mass is 10.1. The van der Waals surface area contributed by atoms with E-state index < -0.39 is 6.04 Å². The fourth-order valence-corrected chi connectivity index (χ4v) is 2.29. The van der Waals surface area contributed by atoms with Crippen LogP contribution in [0.3, 0.4) is 0 Å². The van der Waals surface area contributed by atoms with Crippen LogP contribution in [0.2, 0.25) is 0 Å². The second-order valence-electron chi connectivity index (χ2n) is 4.96. The maximum absolute atomic E-state index is 12.3. The maximum atomic E-state index is 12.3. The molecule has 1 aromatic heterocycles. The predicted molar refractivity (Wildman–Crippen MR) is 76.4 cm³/mol. The maximum Gasteiger partial charge on any atom is 0.251 e. The molecule has 1 amide bonds. The van der Waals surface area contributed by atoms with Crippen molar-refractivity contribution in [1.29, 1.82) is 0 Å². The summed E-state index contributed by atoms with van der Waals surface area (Å²) in [6, 6.07) is 7.00. The number of hydrogen-bond donors (Lipinski definition) is 2. The molecule has 0 saturated heterocycles. The van der Waals surface area contributed by atoms with Gasteiger partial charge in [0.1, 0.15) is 0 Å². The topological polar surface area (TPSA) is 67.2 Å². The first-order chi connectivity index (χ1) is 9.51. The standard InChI is InChI=1S/C15H19N3O2/c1-10-6-11(2)8-12(7-10)15(20)17-13(9-19)14-4-5-16-18(14)3/h4-8,13,19H,9H2,1-3H3,(H,17,20). The van der Waals surface area contributed by atoms with Gasteiger partial charge in [0.05, 0.1) is 18.3 Å². The quantitative estimate of drug-likeness (QED) is 0.887. The van der Waals surface area contributed by atoms with Gasteiger partial charge in [0.15, 0.2) is 0 Å². The number of aliphatic hydroxyl groups excluding tert-OH is 1. The lowest BCUT2D eigenvalue weighted by molar-refractivity contribution is 0.0913. The van der Waals surface area contributed by atoms with E-state index in [1.165, 1.54) is 0 Å². The molecule has 5 nitrogen and oxygen atoms in total. The second kappa shape index (κ2) is 5.88. The van der Waals surface area contributed by atoms with Gasteiger partial charge in [-0.05, 0) is 32.0 Å². The molecular formula is C15H19N3O2. The van der Waals surface area contributed by atoms with E-state index in [1.807, 2.05) is 32.0 Å². The number of aromatic nitrogens is 2. The Morgan fingerprint density at radius 1 is 1.35 bits per heavy atom. The first-order valence-corrected chi connectivity index (χ1v) is 6.49. The van der Waals surface area contributed by atoms with Crippen molar-refractivity contribution in [3.8, 4) is 0 Å². The Labute approximate surface area is 118 Å². The lowest BCUT2D eigenvalue weighted by Crippen LogP contribution is -2.32. The molecule has 1 aromatic carbocycles. The molecule has 0 aliphatic carbocycles. The summed E-state index contributed by atoms with van der Waals surface area (Å²) in [7, 11) is 1.78. The molecular weight excluding hydrogens is 254 g/mol. The van der Waals surface area contributed by atoms with Crippen LogP contribution in [-0.2, 0) is 7.05 Å². The minimum atomic E-state index is -0.462. The molecule has 1 heterocycles. The minimum absolute atomic E-state index is 0.171. The molecule has 0 saturated carbocycles. The third-order valence-electron chi connectivity index (χ3n) is 3.19. The van der Waals surface area contributed by atoms with Crippen molar-refractivity contribution in [3.63, 3.8) is 0 Å². The van der Waals surface area contributed by atoms with E-state index in [-0.39, 0.29) is 12.5 Å². The van der Waals surface area contributed by atoms with Gasteiger partial charge in [-0.15, -0.1) is 0 Å². The van der Waals surface area contributed by atoms with E-state index in [2.05, 4.69) is 10.4 Å². The normalized spacial score (nSPS) is 12.2. The lowest BCUT2D eigenvalue weighted by Gasteiger charge is -2.17. The van der Waals surface area contributed by atoms with E-state index in [1.54, 1.807) is 24.0 Å². The summed E-state index contributed by atoms with van der Waals surface area (Å²) in [6.07, 6.45) is 1.64. The Bertz CT molecular complexity index is 599. The number of aliphatic hydroxyl groups is 1. The van der Waals surface area contributed by atoms with Gasteiger partial charge >= 0.3 is 0 Å². The van der Waals surface area contributed by atoms with Gasteiger partial charge in [-0.25, -0.2) is 0 Å². The highest BCUT2D eigenvalue weighted by molar-refractivity contribution is 5.94. The zero-order chi connectivity index (χ0) is 14.7. The summed E-state index contributed by atoms with van der Waals surface area (Å²) >= 11 is 0. The second-order valence-corrected chi connectivity index (χ2v) is 4.96. The average Bonchev–Trinajstić information content (AvgIpc) is 2.80. The van der Waals surface area contributed by atoms with Crippen LogP contribution in [0.15, 0.2) is 30.5 Å². The summed E-state index contributed by atoms with van der Waals surface area (Å²) < 4.78 is 1.64. The van der Waals surface area contributed by atoms with Crippen LogP contribution in [0.1, 0.15) is 33.2 Å². The van der Waals surface area contributed by atoms with Gasteiger partial charge in [-0.2, -0.15) is 5.10 Å². The van der Waals surface area contributed by atoms with E-state index in [0.717, 1.165) is 16.8 Å². The molecule has 2 rings (SSSR count). The number of hydrogen-bond acceptors (Lipinski definition) is 3. The molecule has 0 fully saturated rings. The fourth-order valence-electron chi connectivity index (χ4n) is 2.29. The van der Waals surface area contributed by atoms with E-state index in [0.29, 0.717) is 5.56 Å². The van der Waals surface area contributed by atoms with Crippen LogP contribution < -0.4 is 5.32 Å². The van der Waals surface area contributed by atoms with Crippen molar-refractivity contribution in [2.45, 2.75) is 19.9 Å². The SMILES string of the molecule is Cc1cc(C)cc(C(=O)NC(CO)c2ccnn2C)c1. The molecule has 0 bridgehead atoms. The van der Waals surface area contributed by atoms with Crippen LogP contribution in [0, 0.1) is 13.8 Å². The number of amides is 1. The van der Waals surface area contributed by atoms with Crippen molar-refractivity contribution >= 4 is 5.91 Å². The highest BCUT2D eigenvalue weighted by Crippen LogP contribution is 2.14. The van der Waals surface area contributed by atoms with Crippen molar-refractivity contribution < 1.29 is 9.90 Å². The molecule has 0 aliphatic heterocycles. The molecule has 1 atom stereocenters. The third-order valence-corrected chi connectivity index (χ3v) is 3.19. The van der Waals surface area contributed by atoms with Crippen molar-refractivity contribution in [2.75, 3.05) is 6.61 Å². The van der Waals surface area contributed by atoms with Gasteiger partial charge in [0.25, 0.3) is 5.91 Å². The summed E-state index contributed by atoms with van der Waals surface area (Å²) in [5, 5.41) is 16.4. The highest BCUT2D eigenvalue weighted by Gasteiger charge is 2.17. The molecule has 1 unspecified atom stereocenters. The number of nitrogens with one attached hydrogen (secondary N) is 1. The van der Waals surface area contributed by atoms with Crippen molar-refractivity contribution in [1.82, 2.24) is 15.1 Å². The number of aryl methyl sites for hydroxylation is 3.